The Labute approximate surface area is 88.2 Å². The van der Waals surface area contributed by atoms with Crippen molar-refractivity contribution in [3.63, 3.8) is 0 Å². The van der Waals surface area contributed by atoms with E-state index in [1.54, 1.807) is 0 Å². The topological polar surface area (TPSA) is 27.0 Å². The van der Waals surface area contributed by atoms with Crippen molar-refractivity contribution >= 4 is 0 Å². The fourth-order valence-electron chi connectivity index (χ4n) is 1.58. The first-order chi connectivity index (χ1) is 6.74. The maximum atomic E-state index is 8.40. The van der Waals surface area contributed by atoms with Gasteiger partial charge in [-0.25, -0.2) is 0 Å². The van der Waals surface area contributed by atoms with Crippen molar-refractivity contribution < 1.29 is 0 Å². The highest BCUT2D eigenvalue weighted by atomic mass is 15.2. The molecule has 1 saturated heterocycles. The highest BCUT2D eigenvalue weighted by Crippen LogP contribution is 2.20. The predicted molar refractivity (Wildman–Crippen MR) is 60.7 cm³/mol. The summed E-state index contributed by atoms with van der Waals surface area (Å²) in [5.41, 5.74) is 1.14. The van der Waals surface area contributed by atoms with Crippen LogP contribution in [-0.2, 0) is 0 Å². The summed E-state index contributed by atoms with van der Waals surface area (Å²) in [5, 5.41) is 8.40. The Morgan fingerprint density at radius 2 is 2.21 bits per heavy atom. The quantitative estimate of drug-likeness (QED) is 0.690. The number of nitriles is 1. The zero-order valence-electron chi connectivity index (χ0n) is 9.71. The van der Waals surface area contributed by atoms with Crippen molar-refractivity contribution in [2.24, 2.45) is 5.92 Å². The highest BCUT2D eigenvalue weighted by molar-refractivity contribution is 4.98. The van der Waals surface area contributed by atoms with E-state index in [0.29, 0.717) is 6.42 Å². The second kappa shape index (κ2) is 7.44. The van der Waals surface area contributed by atoms with Gasteiger partial charge >= 0.3 is 0 Å². The van der Waals surface area contributed by atoms with Crippen molar-refractivity contribution in [3.8, 4) is 6.07 Å². The lowest BCUT2D eigenvalue weighted by Gasteiger charge is -2.19. The van der Waals surface area contributed by atoms with Crippen LogP contribution < -0.4 is 0 Å². The van der Waals surface area contributed by atoms with Crippen LogP contribution in [-0.4, -0.2) is 18.0 Å². The van der Waals surface area contributed by atoms with E-state index in [1.165, 1.54) is 6.42 Å². The standard InChI is InChI=1S/C10H16N2.C2H6/c1-9-5-7-12(8-9)10(2)4-3-6-11;1-2/h9H,2-5,7-8H2,1H3;1-2H3. The maximum absolute atomic E-state index is 8.40. The van der Waals surface area contributed by atoms with Crippen LogP contribution in [0.15, 0.2) is 12.3 Å². The van der Waals surface area contributed by atoms with E-state index in [0.717, 1.165) is 31.1 Å². The number of nitrogens with zero attached hydrogens (tertiary/aromatic N) is 2. The molecule has 1 unspecified atom stereocenters. The van der Waals surface area contributed by atoms with E-state index in [2.05, 4.69) is 24.5 Å². The van der Waals surface area contributed by atoms with Gasteiger partial charge in [0.05, 0.1) is 6.07 Å². The highest BCUT2D eigenvalue weighted by Gasteiger charge is 2.18. The minimum atomic E-state index is 0.601. The summed E-state index contributed by atoms with van der Waals surface area (Å²) in [6, 6.07) is 2.15. The van der Waals surface area contributed by atoms with Gasteiger partial charge in [-0.05, 0) is 18.8 Å². The lowest BCUT2D eigenvalue weighted by Crippen LogP contribution is -2.18. The Morgan fingerprint density at radius 3 is 2.64 bits per heavy atom. The molecule has 0 aliphatic carbocycles. The monoisotopic (exact) mass is 194 g/mol. The molecule has 0 aromatic rings. The number of rotatable bonds is 3. The van der Waals surface area contributed by atoms with Crippen LogP contribution in [0.25, 0.3) is 0 Å². The van der Waals surface area contributed by atoms with E-state index in [-0.39, 0.29) is 0 Å². The molecule has 80 valence electrons. The largest absolute Gasteiger partial charge is 0.375 e. The molecule has 0 saturated carbocycles. The molecular weight excluding hydrogens is 172 g/mol. The molecule has 1 atom stereocenters. The Bertz CT molecular complexity index is 203. The van der Waals surface area contributed by atoms with Crippen LogP contribution in [0.5, 0.6) is 0 Å². The van der Waals surface area contributed by atoms with Crippen molar-refractivity contribution in [2.45, 2.75) is 40.0 Å². The summed E-state index contributed by atoms with van der Waals surface area (Å²) in [6.07, 6.45) is 2.71. The number of allylic oxidation sites excluding steroid dienone is 1. The molecule has 0 N–H and O–H groups in total. The second-order valence-corrected chi connectivity index (χ2v) is 3.56. The Morgan fingerprint density at radius 1 is 1.57 bits per heavy atom. The fourth-order valence-corrected chi connectivity index (χ4v) is 1.58. The van der Waals surface area contributed by atoms with Crippen LogP contribution in [0.1, 0.15) is 40.0 Å². The Balaban J connectivity index is 0.000000791. The van der Waals surface area contributed by atoms with E-state index in [1.807, 2.05) is 13.8 Å². The van der Waals surface area contributed by atoms with Gasteiger partial charge in [-0.3, -0.25) is 0 Å². The molecule has 0 bridgehead atoms. The first kappa shape index (κ1) is 13.0. The van der Waals surface area contributed by atoms with Crippen LogP contribution in [0.2, 0.25) is 0 Å². The summed E-state index contributed by atoms with van der Waals surface area (Å²) in [4.78, 5) is 2.31. The lowest BCUT2D eigenvalue weighted by molar-refractivity contribution is 0.397. The lowest BCUT2D eigenvalue weighted by atomic mass is 10.2. The van der Waals surface area contributed by atoms with Gasteiger partial charge in [0.1, 0.15) is 0 Å². The third-order valence-corrected chi connectivity index (χ3v) is 2.40. The molecule has 14 heavy (non-hydrogen) atoms. The molecule has 0 spiro atoms. The molecule has 0 amide bonds. The van der Waals surface area contributed by atoms with Crippen LogP contribution in [0.3, 0.4) is 0 Å². The number of hydrogen-bond acceptors (Lipinski definition) is 2. The Kier molecular flexibility index (Phi) is 6.92. The summed E-state index contributed by atoms with van der Waals surface area (Å²) in [6.45, 7) is 12.5. The molecule has 1 rings (SSSR count). The first-order valence-corrected chi connectivity index (χ1v) is 5.53. The predicted octanol–water partition coefficient (Wildman–Crippen LogP) is 3.17. The molecule has 1 aliphatic heterocycles. The van der Waals surface area contributed by atoms with Crippen LogP contribution in [0.4, 0.5) is 0 Å². The number of hydrogen-bond donors (Lipinski definition) is 0. The van der Waals surface area contributed by atoms with Gasteiger partial charge in [-0.1, -0.05) is 27.4 Å². The van der Waals surface area contributed by atoms with Crippen LogP contribution >= 0.6 is 0 Å². The van der Waals surface area contributed by atoms with E-state index in [4.69, 9.17) is 5.26 Å². The smallest absolute Gasteiger partial charge is 0.0625 e. The van der Waals surface area contributed by atoms with Gasteiger partial charge in [-0.15, -0.1) is 0 Å². The van der Waals surface area contributed by atoms with Crippen molar-refractivity contribution in [1.29, 1.82) is 5.26 Å². The second-order valence-electron chi connectivity index (χ2n) is 3.56. The molecule has 1 aliphatic rings. The van der Waals surface area contributed by atoms with Crippen molar-refractivity contribution in [3.05, 3.63) is 12.3 Å². The normalized spacial score (nSPS) is 19.6. The first-order valence-electron chi connectivity index (χ1n) is 5.53. The molecule has 0 aromatic carbocycles. The van der Waals surface area contributed by atoms with Gasteiger partial charge in [0.2, 0.25) is 0 Å². The maximum Gasteiger partial charge on any atom is 0.0625 e. The number of likely N-dealkylation sites (tertiary alicyclic amines) is 1. The molecule has 1 fully saturated rings. The van der Waals surface area contributed by atoms with E-state index >= 15 is 0 Å². The third-order valence-electron chi connectivity index (χ3n) is 2.40. The van der Waals surface area contributed by atoms with Gasteiger partial charge < -0.3 is 4.90 Å². The van der Waals surface area contributed by atoms with Gasteiger partial charge in [0.15, 0.2) is 0 Å². The minimum Gasteiger partial charge on any atom is -0.375 e. The minimum absolute atomic E-state index is 0.601. The van der Waals surface area contributed by atoms with Crippen molar-refractivity contribution in [2.75, 3.05) is 13.1 Å². The molecule has 0 aromatic heterocycles. The zero-order valence-corrected chi connectivity index (χ0v) is 9.71. The molecule has 2 nitrogen and oxygen atoms in total. The van der Waals surface area contributed by atoms with Gasteiger partial charge in [-0.2, -0.15) is 5.26 Å². The molecular formula is C12H22N2. The van der Waals surface area contributed by atoms with E-state index in [9.17, 15) is 0 Å². The Hall–Kier alpha value is -0.970. The van der Waals surface area contributed by atoms with E-state index < -0.39 is 0 Å². The average Bonchev–Trinajstić information content (AvgIpc) is 2.64. The van der Waals surface area contributed by atoms with Gasteiger partial charge in [0.25, 0.3) is 0 Å². The SMILES string of the molecule is C=C(CCC#N)N1CCC(C)C1.CC. The van der Waals surface area contributed by atoms with Crippen molar-refractivity contribution in [1.82, 2.24) is 4.90 Å². The summed E-state index contributed by atoms with van der Waals surface area (Å²) < 4.78 is 0. The summed E-state index contributed by atoms with van der Waals surface area (Å²) >= 11 is 0. The van der Waals surface area contributed by atoms with Crippen LogP contribution in [0, 0.1) is 17.2 Å². The third kappa shape index (κ3) is 4.32. The molecule has 2 heteroatoms. The fraction of sp³-hybridized carbons (Fsp3) is 0.750. The summed E-state index contributed by atoms with van der Waals surface area (Å²) in [7, 11) is 0. The van der Waals surface area contributed by atoms with Gasteiger partial charge in [0, 0.05) is 25.2 Å². The molecule has 0 radical (unpaired) electrons. The zero-order chi connectivity index (χ0) is 11.0. The average molecular weight is 194 g/mol. The molecule has 1 heterocycles. The summed E-state index contributed by atoms with van der Waals surface area (Å²) in [5.74, 6) is 0.795.